The maximum atomic E-state index is 13.0. The van der Waals surface area contributed by atoms with Crippen LogP contribution >= 0.6 is 23.8 Å². The van der Waals surface area contributed by atoms with Crippen LogP contribution in [0.1, 0.15) is 15.9 Å². The third kappa shape index (κ3) is 5.64. The van der Waals surface area contributed by atoms with E-state index in [0.29, 0.717) is 32.0 Å². The van der Waals surface area contributed by atoms with Crippen molar-refractivity contribution in [1.82, 2.24) is 5.32 Å². The largest absolute Gasteiger partial charge is 0.416 e. The number of morpholine rings is 1. The first-order valence-corrected chi connectivity index (χ1v) is 9.95. The van der Waals surface area contributed by atoms with Gasteiger partial charge in [-0.2, -0.15) is 13.2 Å². The van der Waals surface area contributed by atoms with Gasteiger partial charge in [0.1, 0.15) is 0 Å². The molecule has 1 amide bonds. The summed E-state index contributed by atoms with van der Waals surface area (Å²) in [6, 6.07) is 6.47. The Morgan fingerprint density at radius 1 is 1.19 bits per heavy atom. The van der Waals surface area contributed by atoms with Crippen molar-refractivity contribution in [3.63, 3.8) is 0 Å². The van der Waals surface area contributed by atoms with Crippen LogP contribution in [0.25, 0.3) is 0 Å². The molecule has 1 aliphatic rings. The van der Waals surface area contributed by atoms with Gasteiger partial charge < -0.3 is 15.0 Å². The number of nitro groups is 1. The zero-order valence-electron chi connectivity index (χ0n) is 16.2. The maximum Gasteiger partial charge on any atom is 0.416 e. The molecule has 1 saturated heterocycles. The predicted octanol–water partition coefficient (Wildman–Crippen LogP) is 4.23. The molecule has 1 aliphatic heterocycles. The van der Waals surface area contributed by atoms with Crippen LogP contribution in [0.15, 0.2) is 36.4 Å². The van der Waals surface area contributed by atoms with Gasteiger partial charge in [0, 0.05) is 25.2 Å². The number of hydrogen-bond donors (Lipinski definition) is 2. The Balaban J connectivity index is 1.82. The van der Waals surface area contributed by atoms with Crippen LogP contribution in [0.5, 0.6) is 0 Å². The molecule has 0 saturated carbocycles. The van der Waals surface area contributed by atoms with Gasteiger partial charge in [-0.15, -0.1) is 0 Å². The molecular weight excluding hydrogens is 473 g/mol. The first-order valence-electron chi connectivity index (χ1n) is 9.16. The topological polar surface area (TPSA) is 96.7 Å². The van der Waals surface area contributed by atoms with Crippen LogP contribution in [-0.4, -0.2) is 42.2 Å². The standard InChI is InChI=1S/C19H16ClF3N4O4S/c20-14-3-1-11(19(21,22)23)9-15(14)24-18(32)25-17(28)13-10-12(27(29)30)2-4-16(13)26-5-7-31-8-6-26/h1-4,9-10H,5-8H2,(H2,24,25,28,32). The van der Waals surface area contributed by atoms with Gasteiger partial charge >= 0.3 is 6.18 Å². The summed E-state index contributed by atoms with van der Waals surface area (Å²) in [5.41, 5.74) is -0.977. The predicted molar refractivity (Wildman–Crippen MR) is 116 cm³/mol. The molecule has 0 spiro atoms. The summed E-state index contributed by atoms with van der Waals surface area (Å²) >= 11 is 11.0. The normalized spacial score (nSPS) is 14.1. The van der Waals surface area contributed by atoms with Crippen molar-refractivity contribution in [3.8, 4) is 0 Å². The van der Waals surface area contributed by atoms with E-state index in [9.17, 15) is 28.1 Å². The zero-order valence-corrected chi connectivity index (χ0v) is 17.8. The number of ether oxygens (including phenoxy) is 1. The lowest BCUT2D eigenvalue weighted by molar-refractivity contribution is -0.384. The second-order valence-electron chi connectivity index (χ2n) is 6.66. The van der Waals surface area contributed by atoms with E-state index in [1.54, 1.807) is 0 Å². The summed E-state index contributed by atoms with van der Waals surface area (Å²) in [6.45, 7) is 1.79. The number of non-ortho nitro benzene ring substituents is 1. The molecule has 170 valence electrons. The van der Waals surface area contributed by atoms with Crippen molar-refractivity contribution < 1.29 is 27.6 Å². The Labute approximate surface area is 190 Å². The number of nitrogens with one attached hydrogen (secondary N) is 2. The van der Waals surface area contributed by atoms with Crippen LogP contribution in [0.3, 0.4) is 0 Å². The van der Waals surface area contributed by atoms with E-state index in [-0.39, 0.29) is 27.1 Å². The molecule has 0 atom stereocenters. The van der Waals surface area contributed by atoms with Gasteiger partial charge in [0.25, 0.3) is 11.6 Å². The van der Waals surface area contributed by atoms with Crippen LogP contribution in [0.4, 0.5) is 30.2 Å². The van der Waals surface area contributed by atoms with E-state index in [1.807, 2.05) is 4.90 Å². The molecule has 8 nitrogen and oxygen atoms in total. The van der Waals surface area contributed by atoms with Gasteiger partial charge in [-0.1, -0.05) is 11.6 Å². The Morgan fingerprint density at radius 2 is 1.88 bits per heavy atom. The second kappa shape index (κ2) is 9.67. The van der Waals surface area contributed by atoms with E-state index in [2.05, 4.69) is 10.6 Å². The van der Waals surface area contributed by atoms with Crippen molar-refractivity contribution in [2.75, 3.05) is 36.5 Å². The molecular formula is C19H16ClF3N4O4S. The number of carbonyl (C=O) groups excluding carboxylic acids is 1. The molecule has 1 fully saturated rings. The fraction of sp³-hybridized carbons (Fsp3) is 0.263. The number of nitrogens with zero attached hydrogens (tertiary/aromatic N) is 2. The van der Waals surface area contributed by atoms with Gasteiger partial charge in [0.15, 0.2) is 5.11 Å². The molecule has 0 aromatic heterocycles. The van der Waals surface area contributed by atoms with Gasteiger partial charge in [-0.3, -0.25) is 20.2 Å². The van der Waals surface area contributed by atoms with Gasteiger partial charge in [-0.25, -0.2) is 0 Å². The number of rotatable bonds is 4. The highest BCUT2D eigenvalue weighted by molar-refractivity contribution is 7.80. The minimum Gasteiger partial charge on any atom is -0.378 e. The van der Waals surface area contributed by atoms with Crippen molar-refractivity contribution in [1.29, 1.82) is 0 Å². The summed E-state index contributed by atoms with van der Waals surface area (Å²) in [5.74, 6) is -0.768. The van der Waals surface area contributed by atoms with E-state index in [1.165, 1.54) is 12.1 Å². The monoisotopic (exact) mass is 488 g/mol. The molecule has 2 N–H and O–H groups in total. The number of thiocarbonyl (C=S) groups is 1. The van der Waals surface area contributed by atoms with Crippen molar-refractivity contribution >= 4 is 51.9 Å². The quantitative estimate of drug-likeness (QED) is 0.377. The van der Waals surface area contributed by atoms with E-state index in [0.717, 1.165) is 24.3 Å². The highest BCUT2D eigenvalue weighted by atomic mass is 35.5. The third-order valence-electron chi connectivity index (χ3n) is 4.56. The van der Waals surface area contributed by atoms with Gasteiger partial charge in [0.05, 0.1) is 45.7 Å². The SMILES string of the molecule is O=C(NC(=S)Nc1cc(C(F)(F)F)ccc1Cl)c1cc([N+](=O)[O-])ccc1N1CCOCC1. The molecule has 0 bridgehead atoms. The molecule has 3 rings (SSSR count). The molecule has 32 heavy (non-hydrogen) atoms. The minimum absolute atomic E-state index is 0.0135. The third-order valence-corrected chi connectivity index (χ3v) is 5.09. The molecule has 0 unspecified atom stereocenters. The fourth-order valence-electron chi connectivity index (χ4n) is 3.02. The number of carbonyl (C=O) groups is 1. The lowest BCUT2D eigenvalue weighted by Gasteiger charge is -2.30. The van der Waals surface area contributed by atoms with E-state index in [4.69, 9.17) is 28.6 Å². The van der Waals surface area contributed by atoms with E-state index < -0.39 is 22.6 Å². The maximum absolute atomic E-state index is 13.0. The highest BCUT2D eigenvalue weighted by Crippen LogP contribution is 2.34. The molecule has 2 aromatic carbocycles. The lowest BCUT2D eigenvalue weighted by atomic mass is 10.1. The molecule has 0 aliphatic carbocycles. The number of benzene rings is 2. The Kier molecular flexibility index (Phi) is 7.16. The summed E-state index contributed by atoms with van der Waals surface area (Å²) in [7, 11) is 0. The van der Waals surface area contributed by atoms with Crippen LogP contribution in [-0.2, 0) is 10.9 Å². The van der Waals surface area contributed by atoms with Crippen molar-refractivity contribution in [2.24, 2.45) is 0 Å². The lowest BCUT2D eigenvalue weighted by Crippen LogP contribution is -2.39. The number of nitro benzene ring substituents is 1. The average molecular weight is 489 g/mol. The number of hydrogen-bond acceptors (Lipinski definition) is 6. The fourth-order valence-corrected chi connectivity index (χ4v) is 3.39. The number of amides is 1. The van der Waals surface area contributed by atoms with Gasteiger partial charge in [0.2, 0.25) is 0 Å². The molecule has 0 radical (unpaired) electrons. The summed E-state index contributed by atoms with van der Waals surface area (Å²) < 4.78 is 44.1. The molecule has 2 aromatic rings. The minimum atomic E-state index is -4.60. The van der Waals surface area contributed by atoms with E-state index >= 15 is 0 Å². The Morgan fingerprint density at radius 3 is 2.50 bits per heavy atom. The number of anilines is 2. The molecule has 1 heterocycles. The molecule has 13 heteroatoms. The smallest absolute Gasteiger partial charge is 0.378 e. The van der Waals surface area contributed by atoms with Crippen LogP contribution in [0.2, 0.25) is 5.02 Å². The van der Waals surface area contributed by atoms with Crippen LogP contribution < -0.4 is 15.5 Å². The summed E-state index contributed by atoms with van der Waals surface area (Å²) in [6.07, 6.45) is -4.60. The van der Waals surface area contributed by atoms with Crippen molar-refractivity contribution in [2.45, 2.75) is 6.18 Å². The number of halogens is 4. The number of alkyl halides is 3. The first-order chi connectivity index (χ1) is 15.1. The Hall–Kier alpha value is -2.96. The van der Waals surface area contributed by atoms with Crippen LogP contribution in [0, 0.1) is 10.1 Å². The zero-order chi connectivity index (χ0) is 23.5. The summed E-state index contributed by atoms with van der Waals surface area (Å²) in [5, 5.41) is 15.6. The highest BCUT2D eigenvalue weighted by Gasteiger charge is 2.31. The average Bonchev–Trinajstić information content (AvgIpc) is 2.74. The second-order valence-corrected chi connectivity index (χ2v) is 7.47. The van der Waals surface area contributed by atoms with Crippen molar-refractivity contribution in [3.05, 3.63) is 62.7 Å². The summed E-state index contributed by atoms with van der Waals surface area (Å²) in [4.78, 5) is 25.2. The Bertz CT molecular complexity index is 1060. The van der Waals surface area contributed by atoms with Gasteiger partial charge in [-0.05, 0) is 36.5 Å². The first kappa shape index (κ1) is 23.7.